The molecule has 2 aliphatic rings. The molecular weight excluding hydrogens is 140 g/mol. The molecule has 0 aromatic rings. The summed E-state index contributed by atoms with van der Waals surface area (Å²) in [6.07, 6.45) is 3.25. The van der Waals surface area contributed by atoms with Crippen molar-refractivity contribution in [3.8, 4) is 0 Å². The van der Waals surface area contributed by atoms with Crippen LogP contribution >= 0.6 is 0 Å². The summed E-state index contributed by atoms with van der Waals surface area (Å²) >= 11 is 0. The number of carbonyl (C=O) groups is 1. The van der Waals surface area contributed by atoms with Crippen LogP contribution in [0.3, 0.4) is 0 Å². The first kappa shape index (κ1) is 7.29. The van der Waals surface area contributed by atoms with E-state index in [0.29, 0.717) is 23.9 Å². The standard InChI is InChI=1S/C9H14O2/c1-6-7(4-10)2-9(6)3-8(9)5-11/h4,6-8,11H,2-3,5H2,1H3. The van der Waals surface area contributed by atoms with Crippen LogP contribution < -0.4 is 0 Å². The van der Waals surface area contributed by atoms with Gasteiger partial charge < -0.3 is 9.90 Å². The van der Waals surface area contributed by atoms with Gasteiger partial charge in [0.25, 0.3) is 0 Å². The quantitative estimate of drug-likeness (QED) is 0.598. The molecule has 1 N–H and O–H groups in total. The fraction of sp³-hybridized carbons (Fsp3) is 0.889. The molecule has 0 saturated heterocycles. The van der Waals surface area contributed by atoms with Gasteiger partial charge in [-0.2, -0.15) is 0 Å². The summed E-state index contributed by atoms with van der Waals surface area (Å²) in [4.78, 5) is 10.4. The van der Waals surface area contributed by atoms with Crippen molar-refractivity contribution in [3.63, 3.8) is 0 Å². The third kappa shape index (κ3) is 0.734. The zero-order chi connectivity index (χ0) is 8.06. The van der Waals surface area contributed by atoms with Gasteiger partial charge in [0, 0.05) is 12.5 Å². The van der Waals surface area contributed by atoms with Crippen LogP contribution in [0.5, 0.6) is 0 Å². The molecule has 2 aliphatic carbocycles. The average molecular weight is 154 g/mol. The molecular formula is C9H14O2. The van der Waals surface area contributed by atoms with Crippen LogP contribution in [0, 0.1) is 23.2 Å². The highest BCUT2D eigenvalue weighted by Crippen LogP contribution is 2.70. The Kier molecular flexibility index (Phi) is 1.37. The van der Waals surface area contributed by atoms with Crippen molar-refractivity contribution in [2.24, 2.45) is 23.2 Å². The summed E-state index contributed by atoms with van der Waals surface area (Å²) in [6.45, 7) is 2.45. The molecule has 2 rings (SSSR count). The van der Waals surface area contributed by atoms with E-state index in [9.17, 15) is 4.79 Å². The van der Waals surface area contributed by atoms with Gasteiger partial charge in [0.05, 0.1) is 0 Å². The maximum atomic E-state index is 10.4. The second-order valence-corrected chi connectivity index (χ2v) is 4.11. The fourth-order valence-electron chi connectivity index (χ4n) is 2.69. The van der Waals surface area contributed by atoms with Crippen LogP contribution in [0.2, 0.25) is 0 Å². The van der Waals surface area contributed by atoms with Crippen LogP contribution in [-0.2, 0) is 4.79 Å². The van der Waals surface area contributed by atoms with Gasteiger partial charge in [-0.3, -0.25) is 0 Å². The lowest BCUT2D eigenvalue weighted by Gasteiger charge is -2.41. The van der Waals surface area contributed by atoms with E-state index in [1.54, 1.807) is 0 Å². The summed E-state index contributed by atoms with van der Waals surface area (Å²) in [5.41, 5.74) is 0.389. The van der Waals surface area contributed by atoms with Gasteiger partial charge in [-0.1, -0.05) is 6.92 Å². The molecule has 4 atom stereocenters. The Hall–Kier alpha value is -0.370. The van der Waals surface area contributed by atoms with Crippen LogP contribution in [0.25, 0.3) is 0 Å². The highest BCUT2D eigenvalue weighted by atomic mass is 16.3. The molecule has 2 nitrogen and oxygen atoms in total. The van der Waals surface area contributed by atoms with Crippen LogP contribution in [-0.4, -0.2) is 18.0 Å². The van der Waals surface area contributed by atoms with Gasteiger partial charge in [-0.05, 0) is 30.1 Å². The highest BCUT2D eigenvalue weighted by molar-refractivity contribution is 5.57. The Labute approximate surface area is 66.6 Å². The normalized spacial score (nSPS) is 53.8. The van der Waals surface area contributed by atoms with Crippen LogP contribution in [0.1, 0.15) is 19.8 Å². The lowest BCUT2D eigenvalue weighted by atomic mass is 9.62. The largest absolute Gasteiger partial charge is 0.396 e. The Morgan fingerprint density at radius 2 is 2.36 bits per heavy atom. The van der Waals surface area contributed by atoms with Gasteiger partial charge in [0.15, 0.2) is 0 Å². The lowest BCUT2D eigenvalue weighted by molar-refractivity contribution is -0.119. The molecule has 0 aromatic heterocycles. The minimum absolute atomic E-state index is 0.284. The van der Waals surface area contributed by atoms with E-state index in [1.807, 2.05) is 0 Å². The van der Waals surface area contributed by atoms with E-state index in [4.69, 9.17) is 5.11 Å². The van der Waals surface area contributed by atoms with Crippen molar-refractivity contribution in [3.05, 3.63) is 0 Å². The second kappa shape index (κ2) is 2.07. The summed E-state index contributed by atoms with van der Waals surface area (Å²) in [5.74, 6) is 1.32. The molecule has 0 amide bonds. The summed E-state index contributed by atoms with van der Waals surface area (Å²) in [6, 6.07) is 0. The minimum atomic E-state index is 0.284. The van der Waals surface area contributed by atoms with E-state index in [-0.39, 0.29) is 5.92 Å². The number of aldehydes is 1. The Bertz CT molecular complexity index is 190. The third-order valence-electron chi connectivity index (χ3n) is 3.84. The average Bonchev–Trinajstić information content (AvgIpc) is 2.76. The van der Waals surface area contributed by atoms with Crippen molar-refractivity contribution in [1.29, 1.82) is 0 Å². The smallest absolute Gasteiger partial charge is 0.123 e. The van der Waals surface area contributed by atoms with E-state index in [0.717, 1.165) is 19.1 Å². The molecule has 2 saturated carbocycles. The molecule has 2 fully saturated rings. The summed E-state index contributed by atoms with van der Waals surface area (Å²) in [5, 5.41) is 8.90. The molecule has 0 radical (unpaired) electrons. The number of rotatable bonds is 2. The molecule has 0 bridgehead atoms. The second-order valence-electron chi connectivity index (χ2n) is 4.11. The zero-order valence-electron chi connectivity index (χ0n) is 6.79. The van der Waals surface area contributed by atoms with E-state index in [1.165, 1.54) is 0 Å². The number of aliphatic hydroxyl groups excluding tert-OH is 1. The third-order valence-corrected chi connectivity index (χ3v) is 3.84. The van der Waals surface area contributed by atoms with Crippen LogP contribution in [0.4, 0.5) is 0 Å². The maximum Gasteiger partial charge on any atom is 0.123 e. The van der Waals surface area contributed by atoms with Crippen molar-refractivity contribution in [2.45, 2.75) is 19.8 Å². The van der Waals surface area contributed by atoms with E-state index < -0.39 is 0 Å². The van der Waals surface area contributed by atoms with Crippen molar-refractivity contribution in [2.75, 3.05) is 6.61 Å². The first-order valence-corrected chi connectivity index (χ1v) is 4.31. The van der Waals surface area contributed by atoms with Crippen LogP contribution in [0.15, 0.2) is 0 Å². The predicted molar refractivity (Wildman–Crippen MR) is 41.0 cm³/mol. The minimum Gasteiger partial charge on any atom is -0.396 e. The molecule has 2 heteroatoms. The number of hydrogen-bond acceptors (Lipinski definition) is 2. The molecule has 4 unspecified atom stereocenters. The lowest BCUT2D eigenvalue weighted by Crippen LogP contribution is -2.39. The SMILES string of the molecule is CC1C(C=O)CC12CC2CO. The Balaban J connectivity index is 1.98. The molecule has 11 heavy (non-hydrogen) atoms. The van der Waals surface area contributed by atoms with E-state index in [2.05, 4.69) is 6.92 Å². The molecule has 0 aliphatic heterocycles. The van der Waals surface area contributed by atoms with Crippen molar-refractivity contribution < 1.29 is 9.90 Å². The Morgan fingerprint density at radius 3 is 2.73 bits per heavy atom. The monoisotopic (exact) mass is 154 g/mol. The summed E-state index contributed by atoms with van der Waals surface area (Å²) in [7, 11) is 0. The number of hydrogen-bond donors (Lipinski definition) is 1. The van der Waals surface area contributed by atoms with Crippen molar-refractivity contribution in [1.82, 2.24) is 0 Å². The first-order chi connectivity index (χ1) is 5.24. The molecule has 1 spiro atoms. The maximum absolute atomic E-state index is 10.4. The van der Waals surface area contributed by atoms with Gasteiger partial charge >= 0.3 is 0 Å². The van der Waals surface area contributed by atoms with E-state index >= 15 is 0 Å². The zero-order valence-corrected chi connectivity index (χ0v) is 6.79. The number of aliphatic hydroxyl groups is 1. The van der Waals surface area contributed by atoms with Gasteiger partial charge in [-0.15, -0.1) is 0 Å². The number of carbonyl (C=O) groups excluding carboxylic acids is 1. The molecule has 62 valence electrons. The Morgan fingerprint density at radius 1 is 1.64 bits per heavy atom. The van der Waals surface area contributed by atoms with Gasteiger partial charge in [0.2, 0.25) is 0 Å². The molecule has 0 aromatic carbocycles. The first-order valence-electron chi connectivity index (χ1n) is 4.31. The topological polar surface area (TPSA) is 37.3 Å². The van der Waals surface area contributed by atoms with Gasteiger partial charge in [-0.25, -0.2) is 0 Å². The molecule has 0 heterocycles. The highest BCUT2D eigenvalue weighted by Gasteiger charge is 2.65. The van der Waals surface area contributed by atoms with Crippen molar-refractivity contribution >= 4 is 6.29 Å². The summed E-state index contributed by atoms with van der Waals surface area (Å²) < 4.78 is 0. The van der Waals surface area contributed by atoms with Gasteiger partial charge in [0.1, 0.15) is 6.29 Å². The fourth-order valence-corrected chi connectivity index (χ4v) is 2.69. The predicted octanol–water partition coefficient (Wildman–Crippen LogP) is 0.840.